The molecule has 0 aliphatic carbocycles. The molecule has 0 spiro atoms. The highest BCUT2D eigenvalue weighted by Crippen LogP contribution is 2.27. The Hall–Kier alpha value is -0.940. The molecule has 0 saturated carbocycles. The summed E-state index contributed by atoms with van der Waals surface area (Å²) in [4.78, 5) is 0. The Bertz CT molecular complexity index is 341. The minimum atomic E-state index is 0.0713. The molecule has 0 amide bonds. The number of hydrogen-bond acceptors (Lipinski definition) is 4. The molecule has 2 atom stereocenters. The van der Waals surface area contributed by atoms with Crippen LogP contribution >= 0.6 is 0 Å². The van der Waals surface area contributed by atoms with Crippen LogP contribution in [0.1, 0.15) is 39.5 Å². The molecular formula is C13H24N4O. The van der Waals surface area contributed by atoms with Crippen molar-refractivity contribution in [2.75, 3.05) is 13.2 Å². The van der Waals surface area contributed by atoms with Crippen LogP contribution in [0.15, 0.2) is 12.4 Å². The highest BCUT2D eigenvalue weighted by atomic mass is 16.5. The number of ether oxygens (including phenoxy) is 1. The van der Waals surface area contributed by atoms with Gasteiger partial charge in [0.2, 0.25) is 0 Å². The van der Waals surface area contributed by atoms with E-state index in [0.29, 0.717) is 6.04 Å². The van der Waals surface area contributed by atoms with Gasteiger partial charge in [0.25, 0.3) is 0 Å². The van der Waals surface area contributed by atoms with Gasteiger partial charge in [-0.15, -0.1) is 5.10 Å². The smallest absolute Gasteiger partial charge is 0.0692 e. The van der Waals surface area contributed by atoms with Crippen LogP contribution in [0.5, 0.6) is 0 Å². The molecule has 5 nitrogen and oxygen atoms in total. The molecule has 18 heavy (non-hydrogen) atoms. The maximum Gasteiger partial charge on any atom is 0.0692 e. The molecule has 0 radical (unpaired) electrons. The van der Waals surface area contributed by atoms with Gasteiger partial charge in [0.1, 0.15) is 0 Å². The van der Waals surface area contributed by atoms with Gasteiger partial charge in [-0.25, -0.2) is 0 Å². The minimum Gasteiger partial charge on any atom is -0.375 e. The van der Waals surface area contributed by atoms with Crippen LogP contribution < -0.4 is 5.32 Å². The Balaban J connectivity index is 1.64. The summed E-state index contributed by atoms with van der Waals surface area (Å²) < 4.78 is 7.72. The summed E-state index contributed by atoms with van der Waals surface area (Å²) in [5, 5.41) is 11.4. The average Bonchev–Trinajstić information content (AvgIpc) is 2.88. The van der Waals surface area contributed by atoms with Crippen molar-refractivity contribution in [3.05, 3.63) is 12.4 Å². The summed E-state index contributed by atoms with van der Waals surface area (Å²) in [6.45, 7) is 7.26. The van der Waals surface area contributed by atoms with Gasteiger partial charge in [-0.1, -0.05) is 12.1 Å². The number of aryl methyl sites for hydroxylation is 1. The van der Waals surface area contributed by atoms with Gasteiger partial charge < -0.3 is 10.1 Å². The molecule has 1 saturated heterocycles. The largest absolute Gasteiger partial charge is 0.375 e. The van der Waals surface area contributed by atoms with E-state index in [1.165, 1.54) is 0 Å². The maximum atomic E-state index is 5.85. The minimum absolute atomic E-state index is 0.0713. The van der Waals surface area contributed by atoms with Crippen molar-refractivity contribution in [1.82, 2.24) is 20.3 Å². The Labute approximate surface area is 109 Å². The van der Waals surface area contributed by atoms with E-state index in [-0.39, 0.29) is 5.60 Å². The summed E-state index contributed by atoms with van der Waals surface area (Å²) in [5.41, 5.74) is 0.0713. The quantitative estimate of drug-likeness (QED) is 0.781. The Morgan fingerprint density at radius 1 is 1.56 bits per heavy atom. The fourth-order valence-corrected chi connectivity index (χ4v) is 2.45. The zero-order valence-corrected chi connectivity index (χ0v) is 11.4. The molecule has 1 aromatic heterocycles. The van der Waals surface area contributed by atoms with Gasteiger partial charge in [-0.05, 0) is 39.2 Å². The highest BCUT2D eigenvalue weighted by Gasteiger charge is 2.31. The summed E-state index contributed by atoms with van der Waals surface area (Å²) in [6, 6.07) is 0.597. The van der Waals surface area contributed by atoms with Crippen molar-refractivity contribution in [2.45, 2.75) is 57.7 Å². The molecule has 5 heteroatoms. The standard InChI is InChI=1S/C13H24N4O/c1-3-13(2)11-12(5-10-18-13)14-6-4-8-17-9-7-15-16-17/h7,9,12,14H,3-6,8,10-11H2,1-2H3. The monoisotopic (exact) mass is 252 g/mol. The van der Waals surface area contributed by atoms with E-state index < -0.39 is 0 Å². The van der Waals surface area contributed by atoms with Crippen molar-refractivity contribution >= 4 is 0 Å². The summed E-state index contributed by atoms with van der Waals surface area (Å²) >= 11 is 0. The summed E-state index contributed by atoms with van der Waals surface area (Å²) in [6.07, 6.45) is 8.04. The topological polar surface area (TPSA) is 52.0 Å². The molecule has 1 fully saturated rings. The van der Waals surface area contributed by atoms with Crippen molar-refractivity contribution < 1.29 is 4.74 Å². The first-order chi connectivity index (χ1) is 8.72. The zero-order chi connectivity index (χ0) is 12.8. The molecule has 1 aromatic rings. The lowest BCUT2D eigenvalue weighted by Crippen LogP contribution is -2.45. The van der Waals surface area contributed by atoms with Crippen LogP contribution in [0.4, 0.5) is 0 Å². The van der Waals surface area contributed by atoms with Gasteiger partial charge in [0.15, 0.2) is 0 Å². The third-order valence-electron chi connectivity index (χ3n) is 3.81. The lowest BCUT2D eigenvalue weighted by Gasteiger charge is -2.38. The van der Waals surface area contributed by atoms with Crippen LogP contribution in [-0.4, -0.2) is 39.8 Å². The Morgan fingerprint density at radius 3 is 3.17 bits per heavy atom. The van der Waals surface area contributed by atoms with Gasteiger partial charge in [0.05, 0.1) is 11.8 Å². The van der Waals surface area contributed by atoms with Crippen LogP contribution in [0.3, 0.4) is 0 Å². The molecule has 102 valence electrons. The Morgan fingerprint density at radius 2 is 2.44 bits per heavy atom. The third kappa shape index (κ3) is 3.78. The van der Waals surface area contributed by atoms with Crippen LogP contribution in [0, 0.1) is 0 Å². The number of hydrogen-bond donors (Lipinski definition) is 1. The van der Waals surface area contributed by atoms with E-state index in [4.69, 9.17) is 4.74 Å². The van der Waals surface area contributed by atoms with Crippen molar-refractivity contribution in [3.8, 4) is 0 Å². The van der Waals surface area contributed by atoms with Gasteiger partial charge in [0, 0.05) is 25.4 Å². The molecule has 1 aliphatic rings. The second kappa shape index (κ2) is 6.29. The first kappa shape index (κ1) is 13.5. The molecule has 1 N–H and O–H groups in total. The SMILES string of the molecule is CCC1(C)CC(NCCCn2ccnn2)CCO1. The van der Waals surface area contributed by atoms with E-state index in [1.54, 1.807) is 6.20 Å². The van der Waals surface area contributed by atoms with Gasteiger partial charge >= 0.3 is 0 Å². The van der Waals surface area contributed by atoms with E-state index in [2.05, 4.69) is 29.5 Å². The second-order valence-corrected chi connectivity index (χ2v) is 5.32. The summed E-state index contributed by atoms with van der Waals surface area (Å²) in [7, 11) is 0. The predicted octanol–water partition coefficient (Wildman–Crippen LogP) is 1.61. The Kier molecular flexibility index (Phi) is 4.72. The molecule has 0 bridgehead atoms. The predicted molar refractivity (Wildman–Crippen MR) is 70.3 cm³/mol. The number of nitrogens with zero attached hydrogens (tertiary/aromatic N) is 3. The molecule has 2 unspecified atom stereocenters. The maximum absolute atomic E-state index is 5.85. The number of rotatable bonds is 6. The van der Waals surface area contributed by atoms with Crippen LogP contribution in [0.2, 0.25) is 0 Å². The normalized spacial score (nSPS) is 28.4. The van der Waals surface area contributed by atoms with E-state index in [1.807, 2.05) is 10.9 Å². The van der Waals surface area contributed by atoms with E-state index in [0.717, 1.165) is 45.4 Å². The second-order valence-electron chi connectivity index (χ2n) is 5.32. The number of nitrogens with one attached hydrogen (secondary N) is 1. The fraction of sp³-hybridized carbons (Fsp3) is 0.846. The van der Waals surface area contributed by atoms with Gasteiger partial charge in [-0.2, -0.15) is 0 Å². The van der Waals surface area contributed by atoms with Gasteiger partial charge in [-0.3, -0.25) is 4.68 Å². The highest BCUT2D eigenvalue weighted by molar-refractivity contribution is 4.85. The van der Waals surface area contributed by atoms with Crippen molar-refractivity contribution in [3.63, 3.8) is 0 Å². The van der Waals surface area contributed by atoms with Crippen molar-refractivity contribution in [2.24, 2.45) is 0 Å². The molecule has 0 aromatic carbocycles. The van der Waals surface area contributed by atoms with Crippen LogP contribution in [-0.2, 0) is 11.3 Å². The third-order valence-corrected chi connectivity index (χ3v) is 3.81. The van der Waals surface area contributed by atoms with Crippen molar-refractivity contribution in [1.29, 1.82) is 0 Å². The van der Waals surface area contributed by atoms with E-state index >= 15 is 0 Å². The lowest BCUT2D eigenvalue weighted by atomic mass is 9.90. The van der Waals surface area contributed by atoms with Crippen LogP contribution in [0.25, 0.3) is 0 Å². The molecular weight excluding hydrogens is 228 g/mol. The molecule has 2 heterocycles. The lowest BCUT2D eigenvalue weighted by molar-refractivity contribution is -0.0778. The number of aromatic nitrogens is 3. The zero-order valence-electron chi connectivity index (χ0n) is 11.4. The van der Waals surface area contributed by atoms with E-state index in [9.17, 15) is 0 Å². The first-order valence-electron chi connectivity index (χ1n) is 6.93. The fourth-order valence-electron chi connectivity index (χ4n) is 2.45. The molecule has 2 rings (SSSR count). The molecule has 1 aliphatic heterocycles. The summed E-state index contributed by atoms with van der Waals surface area (Å²) in [5.74, 6) is 0. The average molecular weight is 252 g/mol. The first-order valence-corrected chi connectivity index (χ1v) is 6.93.